The number of methoxy groups -OCH3 is 1. The molecule has 7 nitrogen and oxygen atoms in total. The van der Waals surface area contributed by atoms with Crippen LogP contribution < -0.4 is 15.5 Å². The zero-order valence-corrected chi connectivity index (χ0v) is 13.9. The molecule has 0 aliphatic carbocycles. The van der Waals surface area contributed by atoms with Crippen LogP contribution in [0.4, 0.5) is 24.9 Å². The molecule has 1 aliphatic heterocycles. The van der Waals surface area contributed by atoms with Gasteiger partial charge in [0, 0.05) is 11.8 Å². The molecule has 0 saturated carbocycles. The first-order chi connectivity index (χ1) is 12.1. The quantitative estimate of drug-likeness (QED) is 0.864. The van der Waals surface area contributed by atoms with Crippen LogP contribution in [0.3, 0.4) is 0 Å². The number of nitrogen functional groups attached to an aromatic ring is 1. The maximum absolute atomic E-state index is 13.6. The molecule has 0 bridgehead atoms. The predicted octanol–water partition coefficient (Wildman–Crippen LogP) is 2.24. The summed E-state index contributed by atoms with van der Waals surface area (Å²) in [6, 6.07) is 7.60. The second kappa shape index (κ2) is 6.13. The van der Waals surface area contributed by atoms with Crippen molar-refractivity contribution >= 4 is 17.5 Å². The molecule has 1 aromatic heterocycles. The number of rotatable bonds is 3. The SMILES string of the molecule is COc1ccc(C2=NN(c3cc(C)nc(N)n3)C(O)(C(F)(F)F)C2)cc1. The highest BCUT2D eigenvalue weighted by Gasteiger charge is 2.62. The third-order valence-electron chi connectivity index (χ3n) is 3.94. The number of hydrogen-bond acceptors (Lipinski definition) is 7. The smallest absolute Gasteiger partial charge is 0.438 e. The Bertz CT molecular complexity index is 834. The van der Waals surface area contributed by atoms with Gasteiger partial charge in [0.15, 0.2) is 5.82 Å². The molecular formula is C16H16F3N5O2. The van der Waals surface area contributed by atoms with Crippen molar-refractivity contribution in [2.45, 2.75) is 25.2 Å². The zero-order chi connectivity index (χ0) is 19.1. The van der Waals surface area contributed by atoms with E-state index in [1.165, 1.54) is 13.2 Å². The van der Waals surface area contributed by atoms with Crippen LogP contribution in [0.5, 0.6) is 5.75 Å². The lowest BCUT2D eigenvalue weighted by molar-refractivity contribution is -0.254. The average Bonchev–Trinajstić information content (AvgIpc) is 2.93. The maximum atomic E-state index is 13.6. The summed E-state index contributed by atoms with van der Waals surface area (Å²) in [5.74, 6) is 0.102. The molecule has 1 aromatic carbocycles. The van der Waals surface area contributed by atoms with Crippen molar-refractivity contribution < 1.29 is 23.0 Å². The molecule has 2 heterocycles. The summed E-state index contributed by atoms with van der Waals surface area (Å²) >= 11 is 0. The van der Waals surface area contributed by atoms with Crippen molar-refractivity contribution in [3.8, 4) is 5.75 Å². The number of anilines is 2. The number of nitrogens with zero attached hydrogens (tertiary/aromatic N) is 4. The summed E-state index contributed by atoms with van der Waals surface area (Å²) in [5.41, 5.74) is 3.12. The number of nitrogens with two attached hydrogens (primary N) is 1. The van der Waals surface area contributed by atoms with Crippen LogP contribution in [-0.4, -0.2) is 39.8 Å². The van der Waals surface area contributed by atoms with E-state index in [0.29, 0.717) is 22.0 Å². The molecule has 138 valence electrons. The molecule has 0 fully saturated rings. The van der Waals surface area contributed by atoms with Crippen LogP contribution in [-0.2, 0) is 0 Å². The second-order valence-electron chi connectivity index (χ2n) is 5.80. The number of alkyl halides is 3. The van der Waals surface area contributed by atoms with Gasteiger partial charge in [-0.25, -0.2) is 9.99 Å². The summed E-state index contributed by atoms with van der Waals surface area (Å²) in [7, 11) is 1.48. The molecule has 26 heavy (non-hydrogen) atoms. The highest BCUT2D eigenvalue weighted by atomic mass is 19.4. The lowest BCUT2D eigenvalue weighted by Crippen LogP contribution is -2.55. The molecule has 3 N–H and O–H groups in total. The monoisotopic (exact) mass is 367 g/mol. The van der Waals surface area contributed by atoms with E-state index in [4.69, 9.17) is 10.5 Å². The van der Waals surface area contributed by atoms with E-state index in [1.807, 2.05) is 0 Å². The number of ether oxygens (including phenoxy) is 1. The number of halogens is 3. The minimum atomic E-state index is -4.97. The average molecular weight is 367 g/mol. The lowest BCUT2D eigenvalue weighted by atomic mass is 10.0. The third-order valence-corrected chi connectivity index (χ3v) is 3.94. The summed E-state index contributed by atoms with van der Waals surface area (Å²) in [4.78, 5) is 7.61. The molecule has 0 radical (unpaired) electrons. The Hall–Kier alpha value is -2.88. The summed E-state index contributed by atoms with van der Waals surface area (Å²) in [6.45, 7) is 1.55. The van der Waals surface area contributed by atoms with E-state index in [-0.39, 0.29) is 17.5 Å². The van der Waals surface area contributed by atoms with Crippen LogP contribution in [0.15, 0.2) is 35.4 Å². The zero-order valence-electron chi connectivity index (χ0n) is 13.9. The van der Waals surface area contributed by atoms with E-state index in [9.17, 15) is 18.3 Å². The number of aromatic nitrogens is 2. The first kappa shape index (κ1) is 17.9. The maximum Gasteiger partial charge on any atom is 0.438 e. The van der Waals surface area contributed by atoms with Gasteiger partial charge in [-0.1, -0.05) is 0 Å². The van der Waals surface area contributed by atoms with E-state index in [0.717, 1.165) is 0 Å². The Labute approximate surface area is 146 Å². The second-order valence-corrected chi connectivity index (χ2v) is 5.80. The minimum absolute atomic E-state index is 0.0577. The van der Waals surface area contributed by atoms with Gasteiger partial charge in [0.2, 0.25) is 5.95 Å². The number of hydrogen-bond donors (Lipinski definition) is 2. The normalized spacial score (nSPS) is 20.2. The van der Waals surface area contributed by atoms with E-state index >= 15 is 0 Å². The fourth-order valence-electron chi connectivity index (χ4n) is 2.63. The summed E-state index contributed by atoms with van der Waals surface area (Å²) < 4.78 is 45.9. The number of hydrazone groups is 1. The molecule has 1 aliphatic rings. The molecule has 0 saturated heterocycles. The third kappa shape index (κ3) is 3.03. The van der Waals surface area contributed by atoms with Gasteiger partial charge in [-0.15, -0.1) is 0 Å². The first-order valence-electron chi connectivity index (χ1n) is 7.56. The Morgan fingerprint density at radius 2 is 1.88 bits per heavy atom. The summed E-state index contributed by atoms with van der Waals surface area (Å²) in [6.07, 6.45) is -5.73. The molecule has 0 amide bonds. The number of aryl methyl sites for hydroxylation is 1. The van der Waals surface area contributed by atoms with Crippen molar-refractivity contribution in [1.29, 1.82) is 0 Å². The Balaban J connectivity index is 2.08. The molecule has 1 unspecified atom stereocenters. The fraction of sp³-hybridized carbons (Fsp3) is 0.312. The van der Waals surface area contributed by atoms with Gasteiger partial charge in [0.25, 0.3) is 5.72 Å². The minimum Gasteiger partial charge on any atom is -0.497 e. The topological polar surface area (TPSA) is 96.9 Å². The fourth-order valence-corrected chi connectivity index (χ4v) is 2.63. The van der Waals surface area contributed by atoms with Gasteiger partial charge in [0.05, 0.1) is 19.2 Å². The van der Waals surface area contributed by atoms with Crippen LogP contribution in [0.1, 0.15) is 17.7 Å². The molecule has 0 spiro atoms. The Morgan fingerprint density at radius 1 is 1.23 bits per heavy atom. The van der Waals surface area contributed by atoms with E-state index < -0.39 is 18.3 Å². The van der Waals surface area contributed by atoms with Gasteiger partial charge in [-0.05, 0) is 36.8 Å². The molecule has 1 atom stereocenters. The summed E-state index contributed by atoms with van der Waals surface area (Å²) in [5, 5.41) is 14.8. The highest BCUT2D eigenvalue weighted by molar-refractivity contribution is 6.03. The van der Waals surface area contributed by atoms with Crippen molar-refractivity contribution in [2.75, 3.05) is 17.9 Å². The highest BCUT2D eigenvalue weighted by Crippen LogP contribution is 2.43. The van der Waals surface area contributed by atoms with Gasteiger partial charge in [-0.2, -0.15) is 23.3 Å². The van der Waals surface area contributed by atoms with Crippen LogP contribution in [0, 0.1) is 6.92 Å². The lowest BCUT2D eigenvalue weighted by Gasteiger charge is -2.33. The van der Waals surface area contributed by atoms with Crippen molar-refractivity contribution in [1.82, 2.24) is 9.97 Å². The number of aliphatic hydroxyl groups is 1. The van der Waals surface area contributed by atoms with Crippen LogP contribution in [0.2, 0.25) is 0 Å². The predicted molar refractivity (Wildman–Crippen MR) is 88.8 cm³/mol. The first-order valence-corrected chi connectivity index (χ1v) is 7.56. The van der Waals surface area contributed by atoms with Crippen molar-refractivity contribution in [3.63, 3.8) is 0 Å². The van der Waals surface area contributed by atoms with Crippen LogP contribution in [0.25, 0.3) is 0 Å². The standard InChI is InChI=1S/C16H16F3N5O2/c1-9-7-13(22-14(20)21-9)24-15(25,16(17,18)19)8-12(23-24)10-3-5-11(26-2)6-4-10/h3-7,25H,8H2,1-2H3,(H2,20,21,22). The van der Waals surface area contributed by atoms with E-state index in [1.54, 1.807) is 31.2 Å². The van der Waals surface area contributed by atoms with Crippen LogP contribution >= 0.6 is 0 Å². The molecule has 3 rings (SSSR count). The molecular weight excluding hydrogens is 351 g/mol. The van der Waals surface area contributed by atoms with Gasteiger partial charge >= 0.3 is 6.18 Å². The molecule has 10 heteroatoms. The van der Waals surface area contributed by atoms with E-state index in [2.05, 4.69) is 15.1 Å². The Morgan fingerprint density at radius 3 is 2.42 bits per heavy atom. The molecule has 2 aromatic rings. The van der Waals surface area contributed by atoms with Gasteiger partial charge < -0.3 is 15.6 Å². The van der Waals surface area contributed by atoms with Gasteiger partial charge in [0.1, 0.15) is 5.75 Å². The Kier molecular flexibility index (Phi) is 4.23. The van der Waals surface area contributed by atoms with Crippen molar-refractivity contribution in [3.05, 3.63) is 41.6 Å². The number of benzene rings is 1. The van der Waals surface area contributed by atoms with Gasteiger partial charge in [-0.3, -0.25) is 0 Å². The van der Waals surface area contributed by atoms with Crippen molar-refractivity contribution in [2.24, 2.45) is 5.10 Å². The largest absolute Gasteiger partial charge is 0.497 e.